The molecule has 2 atom stereocenters. The molecule has 3 nitrogen and oxygen atoms in total. The molecule has 0 fully saturated rings. The van der Waals surface area contributed by atoms with E-state index in [1.54, 1.807) is 6.07 Å². The zero-order chi connectivity index (χ0) is 12.1. The van der Waals surface area contributed by atoms with Crippen LogP contribution in [0, 0.1) is 5.82 Å². The van der Waals surface area contributed by atoms with E-state index in [0.717, 1.165) is 6.42 Å². The average molecular weight is 264 g/mol. The van der Waals surface area contributed by atoms with Gasteiger partial charge in [-0.25, -0.2) is 4.39 Å². The molecule has 0 aliphatic heterocycles. The van der Waals surface area contributed by atoms with Crippen LogP contribution in [0.5, 0.6) is 5.75 Å². The molecule has 0 bridgehead atoms. The Hall–Kier alpha value is -0.840. The molecule has 1 aromatic rings. The van der Waals surface area contributed by atoms with Gasteiger partial charge in [0.15, 0.2) is 11.6 Å². The van der Waals surface area contributed by atoms with Crippen molar-refractivity contribution in [1.82, 2.24) is 0 Å². The molecular formula is C12H19ClFNO2. The van der Waals surface area contributed by atoms with Gasteiger partial charge in [0.2, 0.25) is 0 Å². The largest absolute Gasteiger partial charge is 0.494 e. The minimum atomic E-state index is -0.641. The molecular weight excluding hydrogens is 245 g/mol. The van der Waals surface area contributed by atoms with Crippen molar-refractivity contribution in [3.05, 3.63) is 29.6 Å². The van der Waals surface area contributed by atoms with Gasteiger partial charge in [-0.15, -0.1) is 12.4 Å². The number of benzene rings is 1. The molecule has 0 radical (unpaired) electrons. The predicted molar refractivity (Wildman–Crippen MR) is 68.0 cm³/mol. The standard InChI is InChI=1S/C12H18FNO2.ClH/c1-3-4-10(15)12(14)8-5-6-11(16-2)9(13)7-8;/h5-7,10,12,15H,3-4,14H2,1-2H3;1H/t10-,12+;/m1./s1. The fourth-order valence-corrected chi connectivity index (χ4v) is 1.59. The molecule has 3 N–H and O–H groups in total. The Kier molecular flexibility index (Phi) is 7.11. The number of hydrogen-bond donors (Lipinski definition) is 2. The van der Waals surface area contributed by atoms with Crippen molar-refractivity contribution in [2.75, 3.05) is 7.11 Å². The highest BCUT2D eigenvalue weighted by atomic mass is 35.5. The number of aliphatic hydroxyl groups is 1. The first-order valence-electron chi connectivity index (χ1n) is 5.37. The summed E-state index contributed by atoms with van der Waals surface area (Å²) in [4.78, 5) is 0. The lowest BCUT2D eigenvalue weighted by Crippen LogP contribution is -2.26. The summed E-state index contributed by atoms with van der Waals surface area (Å²) in [6.45, 7) is 1.96. The zero-order valence-electron chi connectivity index (χ0n) is 10.0. The Morgan fingerprint density at radius 2 is 2.12 bits per heavy atom. The fourth-order valence-electron chi connectivity index (χ4n) is 1.59. The molecule has 0 saturated heterocycles. The Bertz CT molecular complexity index is 349. The molecule has 98 valence electrons. The van der Waals surface area contributed by atoms with E-state index < -0.39 is 18.0 Å². The van der Waals surface area contributed by atoms with E-state index in [9.17, 15) is 9.50 Å². The molecule has 0 spiro atoms. The highest BCUT2D eigenvalue weighted by Gasteiger charge is 2.17. The third-order valence-corrected chi connectivity index (χ3v) is 2.56. The molecule has 0 saturated carbocycles. The lowest BCUT2D eigenvalue weighted by Gasteiger charge is -2.19. The number of aliphatic hydroxyl groups excluding tert-OH is 1. The Morgan fingerprint density at radius 1 is 1.47 bits per heavy atom. The van der Waals surface area contributed by atoms with Crippen LogP contribution < -0.4 is 10.5 Å². The van der Waals surface area contributed by atoms with Gasteiger partial charge in [0.1, 0.15) is 0 Å². The van der Waals surface area contributed by atoms with Crippen LogP contribution in [0.15, 0.2) is 18.2 Å². The van der Waals surface area contributed by atoms with Crippen molar-refractivity contribution in [3.63, 3.8) is 0 Å². The maximum Gasteiger partial charge on any atom is 0.165 e. The predicted octanol–water partition coefficient (Wildman–Crippen LogP) is 2.42. The Morgan fingerprint density at radius 3 is 2.59 bits per heavy atom. The number of hydrogen-bond acceptors (Lipinski definition) is 3. The molecule has 0 aliphatic rings. The second kappa shape index (κ2) is 7.48. The van der Waals surface area contributed by atoms with Gasteiger partial charge in [0, 0.05) is 0 Å². The second-order valence-corrected chi connectivity index (χ2v) is 3.78. The first-order chi connectivity index (χ1) is 7.60. The van der Waals surface area contributed by atoms with Gasteiger partial charge in [-0.05, 0) is 24.1 Å². The van der Waals surface area contributed by atoms with Crippen molar-refractivity contribution >= 4 is 12.4 Å². The quantitative estimate of drug-likeness (QED) is 0.858. The molecule has 0 aliphatic carbocycles. The lowest BCUT2D eigenvalue weighted by molar-refractivity contribution is 0.134. The van der Waals surface area contributed by atoms with Gasteiger partial charge in [0.05, 0.1) is 19.3 Å². The van der Waals surface area contributed by atoms with Crippen LogP contribution >= 0.6 is 12.4 Å². The number of ether oxygens (including phenoxy) is 1. The number of nitrogens with two attached hydrogens (primary N) is 1. The molecule has 1 aromatic carbocycles. The summed E-state index contributed by atoms with van der Waals surface area (Å²) in [6, 6.07) is 3.94. The van der Waals surface area contributed by atoms with Gasteiger partial charge >= 0.3 is 0 Å². The fraction of sp³-hybridized carbons (Fsp3) is 0.500. The maximum atomic E-state index is 13.4. The molecule has 17 heavy (non-hydrogen) atoms. The number of halogens is 2. The van der Waals surface area contributed by atoms with E-state index in [-0.39, 0.29) is 18.2 Å². The van der Waals surface area contributed by atoms with Crippen molar-refractivity contribution < 1.29 is 14.2 Å². The summed E-state index contributed by atoms with van der Waals surface area (Å²) >= 11 is 0. The minimum absolute atomic E-state index is 0. The van der Waals surface area contributed by atoms with Crippen molar-refractivity contribution in [1.29, 1.82) is 0 Å². The molecule has 0 unspecified atom stereocenters. The van der Waals surface area contributed by atoms with E-state index in [2.05, 4.69) is 0 Å². The zero-order valence-corrected chi connectivity index (χ0v) is 10.8. The van der Waals surface area contributed by atoms with Gasteiger partial charge in [0.25, 0.3) is 0 Å². The van der Waals surface area contributed by atoms with E-state index in [0.29, 0.717) is 12.0 Å². The van der Waals surface area contributed by atoms with Gasteiger partial charge in [-0.3, -0.25) is 0 Å². The van der Waals surface area contributed by atoms with Crippen LogP contribution in [0.4, 0.5) is 4.39 Å². The summed E-state index contributed by atoms with van der Waals surface area (Å²) in [5, 5.41) is 9.71. The highest BCUT2D eigenvalue weighted by Crippen LogP contribution is 2.23. The number of rotatable bonds is 5. The van der Waals surface area contributed by atoms with E-state index in [4.69, 9.17) is 10.5 Å². The summed E-state index contributed by atoms with van der Waals surface area (Å²) in [6.07, 6.45) is 0.806. The van der Waals surface area contributed by atoms with Crippen molar-refractivity contribution in [2.45, 2.75) is 31.9 Å². The minimum Gasteiger partial charge on any atom is -0.494 e. The number of methoxy groups -OCH3 is 1. The van der Waals surface area contributed by atoms with Crippen LogP contribution in [0.3, 0.4) is 0 Å². The summed E-state index contributed by atoms with van der Waals surface area (Å²) in [5.41, 5.74) is 6.41. The van der Waals surface area contributed by atoms with E-state index in [1.807, 2.05) is 6.92 Å². The molecule has 0 aromatic heterocycles. The topological polar surface area (TPSA) is 55.5 Å². The third-order valence-electron chi connectivity index (χ3n) is 2.56. The molecule has 1 rings (SSSR count). The van der Waals surface area contributed by atoms with Crippen LogP contribution in [-0.4, -0.2) is 18.3 Å². The molecule has 0 heterocycles. The SMILES string of the molecule is CCC[C@@H](O)[C@@H](N)c1ccc(OC)c(F)c1.Cl. The van der Waals surface area contributed by atoms with Crippen LogP contribution in [-0.2, 0) is 0 Å². The second-order valence-electron chi connectivity index (χ2n) is 3.78. The smallest absolute Gasteiger partial charge is 0.165 e. The maximum absolute atomic E-state index is 13.4. The van der Waals surface area contributed by atoms with Gasteiger partial charge in [-0.2, -0.15) is 0 Å². The first-order valence-corrected chi connectivity index (χ1v) is 5.37. The lowest BCUT2D eigenvalue weighted by atomic mass is 9.99. The normalized spacial score (nSPS) is 13.7. The summed E-state index contributed by atoms with van der Waals surface area (Å²) in [7, 11) is 1.41. The average Bonchev–Trinajstić information content (AvgIpc) is 2.28. The van der Waals surface area contributed by atoms with Crippen LogP contribution in [0.2, 0.25) is 0 Å². The van der Waals surface area contributed by atoms with Gasteiger partial charge in [-0.1, -0.05) is 19.4 Å². The Labute approximate surface area is 107 Å². The third kappa shape index (κ3) is 4.15. The van der Waals surface area contributed by atoms with Crippen molar-refractivity contribution in [3.8, 4) is 5.75 Å². The van der Waals surface area contributed by atoms with E-state index >= 15 is 0 Å². The van der Waals surface area contributed by atoms with Gasteiger partial charge < -0.3 is 15.6 Å². The van der Waals surface area contributed by atoms with Crippen LogP contribution in [0.25, 0.3) is 0 Å². The highest BCUT2D eigenvalue weighted by molar-refractivity contribution is 5.85. The molecule has 0 amide bonds. The van der Waals surface area contributed by atoms with E-state index in [1.165, 1.54) is 19.2 Å². The first kappa shape index (κ1) is 16.2. The summed E-state index contributed by atoms with van der Waals surface area (Å²) < 4.78 is 18.2. The van der Waals surface area contributed by atoms with Crippen molar-refractivity contribution in [2.24, 2.45) is 5.73 Å². The monoisotopic (exact) mass is 263 g/mol. The molecule has 5 heteroatoms. The summed E-state index contributed by atoms with van der Waals surface area (Å²) in [5.74, 6) is -0.278. The van der Waals surface area contributed by atoms with Crippen LogP contribution in [0.1, 0.15) is 31.4 Å². The Balaban J connectivity index is 0.00000256.